The van der Waals surface area contributed by atoms with Crippen LogP contribution < -0.4 is 0 Å². The minimum Gasteiger partial charge on any atom is -0.481 e. The molecule has 0 spiro atoms. The summed E-state index contributed by atoms with van der Waals surface area (Å²) in [6, 6.07) is 6.37. The van der Waals surface area contributed by atoms with E-state index < -0.39 is 10.9 Å². The first-order chi connectivity index (χ1) is 9.99. The molecule has 1 saturated carbocycles. The average molecular weight is 292 g/mol. The van der Waals surface area contributed by atoms with E-state index in [-0.39, 0.29) is 37.0 Å². The van der Waals surface area contributed by atoms with Gasteiger partial charge in [-0.1, -0.05) is 18.2 Å². The number of amides is 1. The molecule has 2 rings (SSSR count). The Balaban J connectivity index is 2.12. The summed E-state index contributed by atoms with van der Waals surface area (Å²) >= 11 is 0. The van der Waals surface area contributed by atoms with Gasteiger partial charge in [-0.25, -0.2) is 0 Å². The highest BCUT2D eigenvalue weighted by Gasteiger charge is 2.33. The Kier molecular flexibility index (Phi) is 4.52. The van der Waals surface area contributed by atoms with E-state index in [0.29, 0.717) is 5.56 Å². The molecule has 7 heteroatoms. The number of nitro groups is 1. The summed E-state index contributed by atoms with van der Waals surface area (Å²) in [6.45, 7) is 0.153. The molecular formula is C14H16N2O5. The molecule has 1 aromatic carbocycles. The summed E-state index contributed by atoms with van der Waals surface area (Å²) in [4.78, 5) is 34.7. The number of rotatable bonds is 7. The maximum absolute atomic E-state index is 12.1. The molecule has 1 aliphatic rings. The summed E-state index contributed by atoms with van der Waals surface area (Å²) in [6.07, 6.45) is 1.42. The molecule has 0 heterocycles. The zero-order valence-corrected chi connectivity index (χ0v) is 11.4. The summed E-state index contributed by atoms with van der Waals surface area (Å²) in [5.41, 5.74) is 0.451. The van der Waals surface area contributed by atoms with E-state index >= 15 is 0 Å². The molecule has 0 radical (unpaired) electrons. The van der Waals surface area contributed by atoms with Crippen LogP contribution >= 0.6 is 0 Å². The fourth-order valence-corrected chi connectivity index (χ4v) is 2.17. The SMILES string of the molecule is O=C(O)CCC(=O)N(Cc1ccccc1[N+](=O)[O-])C1CC1. The first-order valence-corrected chi connectivity index (χ1v) is 6.72. The molecule has 7 nitrogen and oxygen atoms in total. The van der Waals surface area contributed by atoms with Gasteiger partial charge in [-0.05, 0) is 12.8 Å². The first-order valence-electron chi connectivity index (χ1n) is 6.72. The molecule has 1 fully saturated rings. The highest BCUT2D eigenvalue weighted by Crippen LogP contribution is 2.31. The van der Waals surface area contributed by atoms with Crippen LogP contribution in [-0.4, -0.2) is 32.8 Å². The van der Waals surface area contributed by atoms with Crippen molar-refractivity contribution >= 4 is 17.6 Å². The number of carbonyl (C=O) groups is 2. The van der Waals surface area contributed by atoms with E-state index in [2.05, 4.69) is 0 Å². The van der Waals surface area contributed by atoms with E-state index in [1.807, 2.05) is 0 Å². The summed E-state index contributed by atoms with van der Waals surface area (Å²) in [7, 11) is 0. The minimum absolute atomic E-state index is 0.0193. The molecule has 1 N–H and O–H groups in total. The van der Waals surface area contributed by atoms with Crippen LogP contribution in [0, 0.1) is 10.1 Å². The lowest BCUT2D eigenvalue weighted by atomic mass is 10.1. The maximum atomic E-state index is 12.1. The molecule has 0 aliphatic heterocycles. The van der Waals surface area contributed by atoms with E-state index in [4.69, 9.17) is 5.11 Å². The monoisotopic (exact) mass is 292 g/mol. The molecule has 0 bridgehead atoms. The maximum Gasteiger partial charge on any atom is 0.303 e. The van der Waals surface area contributed by atoms with Crippen molar-refractivity contribution in [3.63, 3.8) is 0 Å². The lowest BCUT2D eigenvalue weighted by molar-refractivity contribution is -0.385. The molecule has 112 valence electrons. The molecular weight excluding hydrogens is 276 g/mol. The van der Waals surface area contributed by atoms with Crippen molar-refractivity contribution < 1.29 is 19.6 Å². The topological polar surface area (TPSA) is 101 Å². The lowest BCUT2D eigenvalue weighted by Crippen LogP contribution is -2.33. The summed E-state index contributed by atoms with van der Waals surface area (Å²) in [5.74, 6) is -1.29. The third-order valence-electron chi connectivity index (χ3n) is 3.39. The predicted molar refractivity (Wildman–Crippen MR) is 73.5 cm³/mol. The normalized spacial score (nSPS) is 13.7. The zero-order chi connectivity index (χ0) is 15.4. The van der Waals surface area contributed by atoms with Gasteiger partial charge in [0.2, 0.25) is 5.91 Å². The number of carboxylic acid groups (broad SMARTS) is 1. The van der Waals surface area contributed by atoms with Gasteiger partial charge in [0.25, 0.3) is 5.69 Å². The van der Waals surface area contributed by atoms with Crippen molar-refractivity contribution in [2.75, 3.05) is 0 Å². The van der Waals surface area contributed by atoms with Gasteiger partial charge in [-0.2, -0.15) is 0 Å². The largest absolute Gasteiger partial charge is 0.481 e. The molecule has 1 aliphatic carbocycles. The van der Waals surface area contributed by atoms with Crippen molar-refractivity contribution in [2.24, 2.45) is 0 Å². The second-order valence-corrected chi connectivity index (χ2v) is 5.03. The third-order valence-corrected chi connectivity index (χ3v) is 3.39. The second kappa shape index (κ2) is 6.34. The van der Waals surface area contributed by atoms with Gasteiger partial charge in [0.1, 0.15) is 0 Å². The Morgan fingerprint density at radius 3 is 2.52 bits per heavy atom. The van der Waals surface area contributed by atoms with Crippen molar-refractivity contribution in [3.8, 4) is 0 Å². The molecule has 0 unspecified atom stereocenters. The minimum atomic E-state index is -1.02. The van der Waals surface area contributed by atoms with E-state index in [9.17, 15) is 19.7 Å². The van der Waals surface area contributed by atoms with Gasteiger partial charge in [0.15, 0.2) is 0 Å². The number of nitrogens with zero attached hydrogens (tertiary/aromatic N) is 2. The van der Waals surface area contributed by atoms with Gasteiger partial charge in [-0.3, -0.25) is 19.7 Å². The molecule has 0 saturated heterocycles. The van der Waals surface area contributed by atoms with Crippen LogP contribution in [0.5, 0.6) is 0 Å². The number of hydrogen-bond acceptors (Lipinski definition) is 4. The number of carboxylic acids is 1. The van der Waals surface area contributed by atoms with Crippen LogP contribution in [0.25, 0.3) is 0 Å². The van der Waals surface area contributed by atoms with Crippen molar-refractivity contribution in [3.05, 3.63) is 39.9 Å². The van der Waals surface area contributed by atoms with Crippen molar-refractivity contribution in [1.82, 2.24) is 4.90 Å². The average Bonchev–Trinajstić information content (AvgIpc) is 3.26. The van der Waals surface area contributed by atoms with E-state index in [0.717, 1.165) is 12.8 Å². The Hall–Kier alpha value is -2.44. The molecule has 0 aromatic heterocycles. The van der Waals surface area contributed by atoms with E-state index in [1.54, 1.807) is 23.1 Å². The predicted octanol–water partition coefficient (Wildman–Crippen LogP) is 1.95. The fraction of sp³-hybridized carbons (Fsp3) is 0.429. The van der Waals surface area contributed by atoms with Crippen molar-refractivity contribution in [1.29, 1.82) is 0 Å². The van der Waals surface area contributed by atoms with Crippen LogP contribution in [0.2, 0.25) is 0 Å². The highest BCUT2D eigenvalue weighted by molar-refractivity contribution is 5.81. The smallest absolute Gasteiger partial charge is 0.303 e. The summed E-state index contributed by atoms with van der Waals surface area (Å²) < 4.78 is 0. The molecule has 1 aromatic rings. The van der Waals surface area contributed by atoms with Crippen LogP contribution in [0.4, 0.5) is 5.69 Å². The second-order valence-electron chi connectivity index (χ2n) is 5.03. The number of hydrogen-bond donors (Lipinski definition) is 1. The van der Waals surface area contributed by atoms with Gasteiger partial charge in [0.05, 0.1) is 17.9 Å². The number of nitro benzene ring substituents is 1. The van der Waals surface area contributed by atoms with Gasteiger partial charge < -0.3 is 10.0 Å². The van der Waals surface area contributed by atoms with Crippen LogP contribution in [0.15, 0.2) is 24.3 Å². The number of carbonyl (C=O) groups excluding carboxylic acids is 1. The van der Waals surface area contributed by atoms with Crippen LogP contribution in [0.3, 0.4) is 0 Å². The van der Waals surface area contributed by atoms with Gasteiger partial charge in [0, 0.05) is 24.1 Å². The fourth-order valence-electron chi connectivity index (χ4n) is 2.17. The first kappa shape index (κ1) is 15.0. The number of aliphatic carboxylic acids is 1. The quantitative estimate of drug-likeness (QED) is 0.611. The zero-order valence-electron chi connectivity index (χ0n) is 11.4. The standard InChI is InChI=1S/C14H16N2O5/c17-13(7-8-14(18)19)15(11-5-6-11)9-10-3-1-2-4-12(10)16(20)21/h1-4,11H,5-9H2,(H,18,19). The van der Waals surface area contributed by atoms with Gasteiger partial charge in [-0.15, -0.1) is 0 Å². The van der Waals surface area contributed by atoms with E-state index in [1.165, 1.54) is 6.07 Å². The Morgan fingerprint density at radius 2 is 1.95 bits per heavy atom. The Labute approximate surface area is 121 Å². The number of para-hydroxylation sites is 1. The highest BCUT2D eigenvalue weighted by atomic mass is 16.6. The number of benzene rings is 1. The molecule has 1 amide bonds. The molecule has 21 heavy (non-hydrogen) atoms. The third kappa shape index (κ3) is 4.01. The Bertz CT molecular complexity index is 568. The molecule has 0 atom stereocenters. The van der Waals surface area contributed by atoms with Crippen molar-refractivity contribution in [2.45, 2.75) is 38.3 Å². The van der Waals surface area contributed by atoms with Crippen LogP contribution in [0.1, 0.15) is 31.2 Å². The summed E-state index contributed by atoms with van der Waals surface area (Å²) in [5, 5.41) is 19.6. The Morgan fingerprint density at radius 1 is 1.29 bits per heavy atom. The van der Waals surface area contributed by atoms with Crippen LogP contribution in [-0.2, 0) is 16.1 Å². The lowest BCUT2D eigenvalue weighted by Gasteiger charge is -2.22. The van der Waals surface area contributed by atoms with Gasteiger partial charge >= 0.3 is 5.97 Å².